The molecule has 0 aliphatic heterocycles. The van der Waals surface area contributed by atoms with Gasteiger partial charge < -0.3 is 41.9 Å². The zero-order valence-corrected chi connectivity index (χ0v) is 24.2. The number of carbonyl (C=O) groups is 2. The Morgan fingerprint density at radius 2 is 0.975 bits per heavy atom. The van der Waals surface area contributed by atoms with Gasteiger partial charge in [-0.05, 0) is 102 Å². The monoisotopic (exact) mass is 558 g/mol. The maximum Gasteiger partial charge on any atom is 0.323 e. The number of nitrogens with two attached hydrogens (primary N) is 4. The maximum atomic E-state index is 12.9. The molecule has 0 aliphatic rings. The Morgan fingerprint density at radius 1 is 0.650 bits per heavy atom. The zero-order chi connectivity index (χ0) is 29.8. The van der Waals surface area contributed by atoms with Gasteiger partial charge >= 0.3 is 11.9 Å². The fourth-order valence-electron chi connectivity index (χ4n) is 3.56. The van der Waals surface area contributed by atoms with Crippen molar-refractivity contribution >= 4 is 11.9 Å². The first-order valence-electron chi connectivity index (χ1n) is 13.7. The number of carbonyl (C=O) groups excluding carboxylic acids is 2. The summed E-state index contributed by atoms with van der Waals surface area (Å²) in [4.78, 5) is 25.7. The second-order valence-corrected chi connectivity index (χ2v) is 10.8. The van der Waals surface area contributed by atoms with Crippen LogP contribution in [0.1, 0.15) is 51.7 Å². The average Bonchev–Trinajstić information content (AvgIpc) is 2.90. The molecular formula is C30H46N4O6. The first kappa shape index (κ1) is 33.0. The first-order valence-corrected chi connectivity index (χ1v) is 13.7. The minimum atomic E-state index is -1.18. The van der Waals surface area contributed by atoms with Gasteiger partial charge in [-0.3, -0.25) is 9.59 Å². The molecule has 10 heteroatoms. The largest absolute Gasteiger partial charge is 0.494 e. The van der Waals surface area contributed by atoms with E-state index < -0.39 is 35.2 Å². The lowest BCUT2D eigenvalue weighted by atomic mass is 9.88. The topological polar surface area (TPSA) is 175 Å². The zero-order valence-electron chi connectivity index (χ0n) is 24.2. The van der Waals surface area contributed by atoms with Gasteiger partial charge in [0.25, 0.3) is 0 Å². The second kappa shape index (κ2) is 15.6. The highest BCUT2D eigenvalue weighted by Crippen LogP contribution is 2.30. The van der Waals surface area contributed by atoms with E-state index in [4.69, 9.17) is 41.9 Å². The number of ether oxygens (including phenoxy) is 4. The Labute approximate surface area is 237 Å². The predicted octanol–water partition coefficient (Wildman–Crippen LogP) is 2.23. The lowest BCUT2D eigenvalue weighted by molar-refractivity contribution is -0.200. The molecule has 0 fully saturated rings. The Balaban J connectivity index is 1.89. The molecule has 2 unspecified atom stereocenters. The van der Waals surface area contributed by atoms with Gasteiger partial charge in [0.1, 0.15) is 34.8 Å². The van der Waals surface area contributed by atoms with E-state index in [1.54, 1.807) is 27.7 Å². The number of esters is 2. The van der Waals surface area contributed by atoms with E-state index >= 15 is 0 Å². The lowest BCUT2D eigenvalue weighted by Gasteiger charge is -2.40. The molecule has 2 aromatic carbocycles. The number of benzene rings is 2. The second-order valence-electron chi connectivity index (χ2n) is 10.8. The Kier molecular flexibility index (Phi) is 12.9. The molecule has 0 saturated heterocycles. The van der Waals surface area contributed by atoms with Gasteiger partial charge in [0.15, 0.2) is 0 Å². The SMILES string of the molecule is CC(C)(OC(=O)C(N)Cc1ccc(OCCCN)cc1)C(C)(C)OC(=O)C(N)Cc1ccc(OCCCN)cc1. The summed E-state index contributed by atoms with van der Waals surface area (Å²) in [6, 6.07) is 12.9. The van der Waals surface area contributed by atoms with Crippen LogP contribution in [-0.4, -0.2) is 61.5 Å². The number of rotatable bonds is 17. The Morgan fingerprint density at radius 3 is 1.27 bits per heavy atom. The van der Waals surface area contributed by atoms with Gasteiger partial charge in [0, 0.05) is 0 Å². The lowest BCUT2D eigenvalue weighted by Crippen LogP contribution is -2.55. The van der Waals surface area contributed by atoms with E-state index in [-0.39, 0.29) is 12.8 Å². The summed E-state index contributed by atoms with van der Waals surface area (Å²) in [6.07, 6.45) is 2.09. The molecule has 2 aromatic rings. The molecule has 2 atom stereocenters. The van der Waals surface area contributed by atoms with Crippen LogP contribution in [0.5, 0.6) is 11.5 Å². The molecule has 2 rings (SSSR count). The van der Waals surface area contributed by atoms with Gasteiger partial charge in [-0.1, -0.05) is 24.3 Å². The quantitative estimate of drug-likeness (QED) is 0.166. The number of hydrogen-bond donors (Lipinski definition) is 4. The summed E-state index contributed by atoms with van der Waals surface area (Å²) < 4.78 is 22.7. The van der Waals surface area contributed by atoms with E-state index in [9.17, 15) is 9.59 Å². The normalized spacial score (nSPS) is 13.3. The van der Waals surface area contributed by atoms with E-state index in [1.165, 1.54) is 0 Å². The van der Waals surface area contributed by atoms with Crippen molar-refractivity contribution in [3.63, 3.8) is 0 Å². The molecule has 0 saturated carbocycles. The van der Waals surface area contributed by atoms with E-state index in [0.717, 1.165) is 35.5 Å². The third-order valence-corrected chi connectivity index (χ3v) is 6.76. The molecule has 0 spiro atoms. The third-order valence-electron chi connectivity index (χ3n) is 6.76. The standard InChI is InChI=1S/C30H46N4O6/c1-29(2,39-27(35)25(33)19-21-7-11-23(12-8-21)37-17-5-15-31)30(3,4)40-28(36)26(34)20-22-9-13-24(14-10-22)38-18-6-16-32/h7-14,25-26H,5-6,15-20,31-34H2,1-4H3. The number of hydrogen-bond acceptors (Lipinski definition) is 10. The summed E-state index contributed by atoms with van der Waals surface area (Å²) in [5.41, 5.74) is 22.6. The fourth-order valence-corrected chi connectivity index (χ4v) is 3.56. The predicted molar refractivity (Wildman–Crippen MR) is 155 cm³/mol. The van der Waals surface area contributed by atoms with Crippen molar-refractivity contribution in [1.82, 2.24) is 0 Å². The molecule has 222 valence electrons. The molecule has 10 nitrogen and oxygen atoms in total. The summed E-state index contributed by atoms with van der Waals surface area (Å²) in [7, 11) is 0. The Hall–Kier alpha value is -3.18. The van der Waals surface area contributed by atoms with Crippen LogP contribution in [0.4, 0.5) is 0 Å². The van der Waals surface area contributed by atoms with Crippen LogP contribution in [0, 0.1) is 0 Å². The van der Waals surface area contributed by atoms with Crippen molar-refractivity contribution in [2.24, 2.45) is 22.9 Å². The smallest absolute Gasteiger partial charge is 0.323 e. The minimum Gasteiger partial charge on any atom is -0.494 e. The first-order chi connectivity index (χ1) is 18.9. The van der Waals surface area contributed by atoms with Crippen LogP contribution in [0.25, 0.3) is 0 Å². The molecule has 0 aromatic heterocycles. The minimum absolute atomic E-state index is 0.278. The van der Waals surface area contributed by atoms with Crippen LogP contribution >= 0.6 is 0 Å². The van der Waals surface area contributed by atoms with Crippen molar-refractivity contribution in [3.05, 3.63) is 59.7 Å². The molecule has 0 radical (unpaired) electrons. The maximum absolute atomic E-state index is 12.9. The highest BCUT2D eigenvalue weighted by molar-refractivity contribution is 5.77. The van der Waals surface area contributed by atoms with Gasteiger partial charge in [0.05, 0.1) is 13.2 Å². The van der Waals surface area contributed by atoms with Crippen molar-refractivity contribution < 1.29 is 28.5 Å². The third kappa shape index (κ3) is 10.4. The molecular weight excluding hydrogens is 512 g/mol. The molecule has 8 N–H and O–H groups in total. The average molecular weight is 559 g/mol. The van der Waals surface area contributed by atoms with Crippen LogP contribution < -0.4 is 32.4 Å². The molecule has 0 heterocycles. The van der Waals surface area contributed by atoms with E-state index in [2.05, 4.69) is 0 Å². The van der Waals surface area contributed by atoms with Crippen LogP contribution in [-0.2, 0) is 31.9 Å². The Bertz CT molecular complexity index is 971. The van der Waals surface area contributed by atoms with E-state index in [1.807, 2.05) is 48.5 Å². The summed E-state index contributed by atoms with van der Waals surface area (Å²) >= 11 is 0. The van der Waals surface area contributed by atoms with Gasteiger partial charge in [-0.25, -0.2) is 0 Å². The van der Waals surface area contributed by atoms with Crippen LogP contribution in [0.15, 0.2) is 48.5 Å². The van der Waals surface area contributed by atoms with Crippen molar-refractivity contribution in [3.8, 4) is 11.5 Å². The highest BCUT2D eigenvalue weighted by atomic mass is 16.6. The van der Waals surface area contributed by atoms with Crippen molar-refractivity contribution in [2.45, 2.75) is 76.7 Å². The van der Waals surface area contributed by atoms with Crippen LogP contribution in [0.2, 0.25) is 0 Å². The van der Waals surface area contributed by atoms with Crippen LogP contribution in [0.3, 0.4) is 0 Å². The van der Waals surface area contributed by atoms with E-state index in [0.29, 0.717) is 26.3 Å². The van der Waals surface area contributed by atoms with Gasteiger partial charge in [-0.2, -0.15) is 0 Å². The fraction of sp³-hybridized carbons (Fsp3) is 0.533. The highest BCUT2D eigenvalue weighted by Gasteiger charge is 2.45. The summed E-state index contributed by atoms with van der Waals surface area (Å²) in [6.45, 7) is 8.91. The molecule has 40 heavy (non-hydrogen) atoms. The molecule has 0 bridgehead atoms. The van der Waals surface area contributed by atoms with Crippen molar-refractivity contribution in [2.75, 3.05) is 26.3 Å². The van der Waals surface area contributed by atoms with Gasteiger partial charge in [-0.15, -0.1) is 0 Å². The summed E-state index contributed by atoms with van der Waals surface area (Å²) in [5.74, 6) is 0.243. The van der Waals surface area contributed by atoms with Gasteiger partial charge in [0.2, 0.25) is 0 Å². The molecule has 0 aliphatic carbocycles. The molecule has 0 amide bonds. The van der Waals surface area contributed by atoms with Crippen molar-refractivity contribution in [1.29, 1.82) is 0 Å². The summed E-state index contributed by atoms with van der Waals surface area (Å²) in [5, 5.41) is 0.